The molecule has 2 aromatic heterocycles. The Hall–Kier alpha value is -2.77. The molecule has 2 rings (SSSR count). The van der Waals surface area contributed by atoms with Gasteiger partial charge in [0, 0.05) is 5.69 Å². The first-order valence-corrected chi connectivity index (χ1v) is 5.84. The third-order valence-electron chi connectivity index (χ3n) is 2.67. The van der Waals surface area contributed by atoms with Crippen LogP contribution in [0.3, 0.4) is 0 Å². The van der Waals surface area contributed by atoms with Crippen molar-refractivity contribution in [2.75, 3.05) is 0 Å². The molecule has 0 aromatic carbocycles. The quantitative estimate of drug-likeness (QED) is 0.675. The zero-order valence-corrected chi connectivity index (χ0v) is 10.8. The number of hydrogen-bond donors (Lipinski definition) is 1. The Morgan fingerprint density at radius 2 is 2.15 bits per heavy atom. The molecule has 2 heterocycles. The Morgan fingerprint density at radius 1 is 1.45 bits per heavy atom. The molecule has 0 fully saturated rings. The predicted octanol–water partition coefficient (Wildman–Crippen LogP) is 2.00. The highest BCUT2D eigenvalue weighted by Gasteiger charge is 2.16. The van der Waals surface area contributed by atoms with Gasteiger partial charge in [-0.3, -0.25) is 0 Å². The maximum atomic E-state index is 11.1. The minimum absolute atomic E-state index is 0.0265. The van der Waals surface area contributed by atoms with E-state index in [4.69, 9.17) is 5.11 Å². The first-order valence-electron chi connectivity index (χ1n) is 5.84. The molecule has 20 heavy (non-hydrogen) atoms. The maximum Gasteiger partial charge on any atom is 0.390 e. The van der Waals surface area contributed by atoms with Crippen LogP contribution in [0, 0.1) is 10.1 Å². The molecule has 0 aliphatic rings. The molecular weight excluding hydrogens is 264 g/mol. The lowest BCUT2D eigenvalue weighted by atomic mass is 10.1. The lowest BCUT2D eigenvalue weighted by Gasteiger charge is -2.07. The third-order valence-corrected chi connectivity index (χ3v) is 2.67. The first-order chi connectivity index (χ1) is 9.38. The Labute approximate surface area is 113 Å². The van der Waals surface area contributed by atoms with Crippen LogP contribution in [0.1, 0.15) is 35.8 Å². The largest absolute Gasteiger partial charge is 0.478 e. The van der Waals surface area contributed by atoms with E-state index in [1.165, 1.54) is 29.1 Å². The van der Waals surface area contributed by atoms with Gasteiger partial charge < -0.3 is 15.2 Å². The van der Waals surface area contributed by atoms with Crippen LogP contribution in [0.5, 0.6) is 0 Å². The van der Waals surface area contributed by atoms with Crippen LogP contribution in [-0.4, -0.2) is 30.8 Å². The number of aromatic carboxylic acids is 1. The van der Waals surface area contributed by atoms with Crippen molar-refractivity contribution in [2.45, 2.75) is 19.8 Å². The number of rotatable bonds is 4. The SMILES string of the molecule is CC(C)c1cc(C(=O)O)cc(-n2ccc([N+](=O)[O-])n2)n1. The second-order valence-corrected chi connectivity index (χ2v) is 4.47. The molecule has 0 amide bonds. The van der Waals surface area contributed by atoms with Gasteiger partial charge in [-0.25, -0.2) is 9.78 Å². The number of nitrogens with zero attached hydrogens (tertiary/aromatic N) is 4. The van der Waals surface area contributed by atoms with Crippen molar-refractivity contribution in [2.24, 2.45) is 0 Å². The standard InChI is InChI=1S/C12H12N4O4/c1-7(2)9-5-8(12(17)18)6-11(13-9)15-4-3-10(14-15)16(19)20/h3-7H,1-2H3,(H,17,18). The molecule has 0 bridgehead atoms. The highest BCUT2D eigenvalue weighted by molar-refractivity contribution is 5.88. The number of carboxylic acids is 1. The maximum absolute atomic E-state index is 11.1. The van der Waals surface area contributed by atoms with Crippen molar-refractivity contribution in [1.82, 2.24) is 14.8 Å². The molecule has 0 aliphatic heterocycles. The smallest absolute Gasteiger partial charge is 0.390 e. The van der Waals surface area contributed by atoms with Crippen molar-refractivity contribution in [1.29, 1.82) is 0 Å². The van der Waals surface area contributed by atoms with Gasteiger partial charge in [-0.05, 0) is 23.0 Å². The van der Waals surface area contributed by atoms with Crippen LogP contribution in [0.15, 0.2) is 24.4 Å². The number of carbonyl (C=O) groups is 1. The van der Waals surface area contributed by atoms with E-state index < -0.39 is 10.9 Å². The molecule has 8 heteroatoms. The lowest BCUT2D eigenvalue weighted by Crippen LogP contribution is -2.07. The Bertz CT molecular complexity index is 678. The summed E-state index contributed by atoms with van der Waals surface area (Å²) < 4.78 is 1.19. The van der Waals surface area contributed by atoms with Gasteiger partial charge in [-0.1, -0.05) is 13.8 Å². The summed E-state index contributed by atoms with van der Waals surface area (Å²) in [5.41, 5.74) is 0.648. The molecule has 2 aromatic rings. The summed E-state index contributed by atoms with van der Waals surface area (Å²) in [6, 6.07) is 4.03. The fraction of sp³-hybridized carbons (Fsp3) is 0.250. The minimum atomic E-state index is -1.09. The number of hydrogen-bond acceptors (Lipinski definition) is 5. The molecule has 0 aliphatic carbocycles. The van der Waals surface area contributed by atoms with Crippen LogP contribution < -0.4 is 0 Å². The van der Waals surface area contributed by atoms with Crippen molar-refractivity contribution >= 4 is 11.8 Å². The van der Waals surface area contributed by atoms with E-state index >= 15 is 0 Å². The van der Waals surface area contributed by atoms with Crippen LogP contribution in [-0.2, 0) is 0 Å². The fourth-order valence-corrected chi connectivity index (χ4v) is 1.61. The Kier molecular flexibility index (Phi) is 3.47. The Morgan fingerprint density at radius 3 is 2.65 bits per heavy atom. The zero-order valence-electron chi connectivity index (χ0n) is 10.8. The predicted molar refractivity (Wildman–Crippen MR) is 69.1 cm³/mol. The summed E-state index contributed by atoms with van der Waals surface area (Å²) in [6.45, 7) is 3.76. The van der Waals surface area contributed by atoms with E-state index in [-0.39, 0.29) is 23.1 Å². The van der Waals surface area contributed by atoms with E-state index in [1.807, 2.05) is 13.8 Å². The summed E-state index contributed by atoms with van der Waals surface area (Å²) in [5, 5.41) is 23.4. The average Bonchev–Trinajstić information content (AvgIpc) is 2.87. The number of aromatic nitrogens is 3. The van der Waals surface area contributed by atoms with Gasteiger partial charge in [0.05, 0.1) is 22.9 Å². The van der Waals surface area contributed by atoms with E-state index in [1.54, 1.807) is 0 Å². The van der Waals surface area contributed by atoms with Crippen molar-refractivity contribution in [3.8, 4) is 5.82 Å². The fourth-order valence-electron chi connectivity index (χ4n) is 1.61. The highest BCUT2D eigenvalue weighted by Crippen LogP contribution is 2.18. The summed E-state index contributed by atoms with van der Waals surface area (Å²) in [4.78, 5) is 25.4. The molecule has 0 unspecified atom stereocenters. The van der Waals surface area contributed by atoms with Gasteiger partial charge >= 0.3 is 11.8 Å². The van der Waals surface area contributed by atoms with Crippen molar-refractivity contribution < 1.29 is 14.8 Å². The van der Waals surface area contributed by atoms with Gasteiger partial charge in [0.2, 0.25) is 0 Å². The normalized spacial score (nSPS) is 10.8. The van der Waals surface area contributed by atoms with Gasteiger partial charge in [0.15, 0.2) is 5.82 Å². The molecule has 8 nitrogen and oxygen atoms in total. The van der Waals surface area contributed by atoms with Crippen molar-refractivity contribution in [3.63, 3.8) is 0 Å². The van der Waals surface area contributed by atoms with Gasteiger partial charge in [0.25, 0.3) is 0 Å². The lowest BCUT2D eigenvalue weighted by molar-refractivity contribution is -0.389. The molecular formula is C12H12N4O4. The highest BCUT2D eigenvalue weighted by atomic mass is 16.6. The van der Waals surface area contributed by atoms with Crippen molar-refractivity contribution in [3.05, 3.63) is 45.8 Å². The zero-order chi connectivity index (χ0) is 14.9. The van der Waals surface area contributed by atoms with Gasteiger partial charge in [-0.15, -0.1) is 4.68 Å². The molecule has 1 N–H and O–H groups in total. The topological polar surface area (TPSA) is 111 Å². The number of nitro groups is 1. The molecule has 0 saturated heterocycles. The van der Waals surface area contributed by atoms with Crippen LogP contribution in [0.2, 0.25) is 0 Å². The Balaban J connectivity index is 2.54. The third kappa shape index (κ3) is 2.63. The number of pyridine rings is 1. The van der Waals surface area contributed by atoms with Gasteiger partial charge in [0.1, 0.15) is 0 Å². The summed E-state index contributed by atoms with van der Waals surface area (Å²) in [7, 11) is 0. The summed E-state index contributed by atoms with van der Waals surface area (Å²) in [5.74, 6) is -1.14. The van der Waals surface area contributed by atoms with E-state index in [0.29, 0.717) is 5.69 Å². The summed E-state index contributed by atoms with van der Waals surface area (Å²) in [6.07, 6.45) is 1.37. The first kappa shape index (κ1) is 13.7. The minimum Gasteiger partial charge on any atom is -0.478 e. The molecule has 0 saturated carbocycles. The molecule has 0 radical (unpaired) electrons. The van der Waals surface area contributed by atoms with E-state index in [0.717, 1.165) is 0 Å². The molecule has 0 atom stereocenters. The average molecular weight is 276 g/mol. The van der Waals surface area contributed by atoms with Crippen LogP contribution in [0.25, 0.3) is 5.82 Å². The van der Waals surface area contributed by atoms with E-state index in [9.17, 15) is 14.9 Å². The molecule has 104 valence electrons. The van der Waals surface area contributed by atoms with Gasteiger partial charge in [-0.2, -0.15) is 0 Å². The monoisotopic (exact) mass is 276 g/mol. The second kappa shape index (κ2) is 5.08. The second-order valence-electron chi connectivity index (χ2n) is 4.47. The van der Waals surface area contributed by atoms with E-state index in [2.05, 4.69) is 10.1 Å². The summed E-state index contributed by atoms with van der Waals surface area (Å²) >= 11 is 0. The van der Waals surface area contributed by atoms with Crippen LogP contribution >= 0.6 is 0 Å². The van der Waals surface area contributed by atoms with Crippen LogP contribution in [0.4, 0.5) is 5.82 Å². The molecule has 0 spiro atoms. The number of carboxylic acid groups (broad SMARTS) is 1.